The lowest BCUT2D eigenvalue weighted by Gasteiger charge is -2.35. The minimum absolute atomic E-state index is 0.0984. The third kappa shape index (κ3) is 3.70. The molecule has 0 saturated carbocycles. The number of rotatable bonds is 4. The van der Waals surface area contributed by atoms with E-state index in [1.54, 1.807) is 6.07 Å². The summed E-state index contributed by atoms with van der Waals surface area (Å²) in [5.74, 6) is 0. The smallest absolute Gasteiger partial charge is 0.270 e. The highest BCUT2D eigenvalue weighted by atomic mass is 16.6. The molecule has 0 bridgehead atoms. The van der Waals surface area contributed by atoms with Crippen LogP contribution in [0.2, 0.25) is 0 Å². The first-order valence-electron chi connectivity index (χ1n) is 7.98. The van der Waals surface area contributed by atoms with E-state index >= 15 is 0 Å². The normalized spacial score (nSPS) is 17.0. The molecule has 1 heterocycles. The molecule has 25 heavy (non-hydrogen) atoms. The molecule has 1 N–H and O–H groups in total. The van der Waals surface area contributed by atoms with Crippen LogP contribution < -0.4 is 10.2 Å². The van der Waals surface area contributed by atoms with Gasteiger partial charge in [0.05, 0.1) is 29.4 Å². The number of nitro groups is 1. The fraction of sp³-hybridized carbons (Fsp3) is 0.278. The van der Waals surface area contributed by atoms with Crippen LogP contribution in [0.15, 0.2) is 42.5 Å². The fourth-order valence-electron chi connectivity index (χ4n) is 2.85. The number of hydrogen-bond acceptors (Lipinski definition) is 6. The van der Waals surface area contributed by atoms with Gasteiger partial charge in [0.15, 0.2) is 0 Å². The first kappa shape index (κ1) is 16.7. The number of ether oxygens (including phenoxy) is 1. The molecule has 2 aromatic carbocycles. The van der Waals surface area contributed by atoms with Gasteiger partial charge in [-0.2, -0.15) is 5.26 Å². The topological polar surface area (TPSA) is 91.4 Å². The Hall–Kier alpha value is -3.11. The van der Waals surface area contributed by atoms with Gasteiger partial charge in [0, 0.05) is 36.1 Å². The second-order valence-electron chi connectivity index (χ2n) is 5.89. The first-order valence-corrected chi connectivity index (χ1v) is 7.98. The van der Waals surface area contributed by atoms with Gasteiger partial charge in [0.2, 0.25) is 0 Å². The maximum Gasteiger partial charge on any atom is 0.270 e. The summed E-state index contributed by atoms with van der Waals surface area (Å²) in [6, 6.07) is 14.4. The Morgan fingerprint density at radius 3 is 2.72 bits per heavy atom. The molecule has 1 fully saturated rings. The van der Waals surface area contributed by atoms with E-state index in [0.717, 1.165) is 24.5 Å². The maximum absolute atomic E-state index is 10.8. The number of benzene rings is 2. The van der Waals surface area contributed by atoms with Gasteiger partial charge < -0.3 is 15.0 Å². The summed E-state index contributed by atoms with van der Waals surface area (Å²) < 4.78 is 5.46. The van der Waals surface area contributed by atoms with Crippen molar-refractivity contribution in [2.45, 2.75) is 13.0 Å². The van der Waals surface area contributed by atoms with Gasteiger partial charge in [0.25, 0.3) is 5.69 Å². The molecule has 0 radical (unpaired) electrons. The van der Waals surface area contributed by atoms with Crippen LogP contribution >= 0.6 is 0 Å². The molecule has 7 nitrogen and oxygen atoms in total. The molecule has 1 unspecified atom stereocenters. The predicted molar refractivity (Wildman–Crippen MR) is 95.2 cm³/mol. The molecule has 0 aliphatic carbocycles. The summed E-state index contributed by atoms with van der Waals surface area (Å²) in [7, 11) is 0. The van der Waals surface area contributed by atoms with Gasteiger partial charge in [-0.05, 0) is 37.3 Å². The zero-order valence-electron chi connectivity index (χ0n) is 13.8. The van der Waals surface area contributed by atoms with Gasteiger partial charge >= 0.3 is 0 Å². The maximum atomic E-state index is 10.8. The number of nitrogens with one attached hydrogen (secondary N) is 1. The summed E-state index contributed by atoms with van der Waals surface area (Å²) >= 11 is 0. The quantitative estimate of drug-likeness (QED) is 0.678. The van der Waals surface area contributed by atoms with Gasteiger partial charge in [0.1, 0.15) is 6.07 Å². The molecular weight excluding hydrogens is 320 g/mol. The fourth-order valence-corrected chi connectivity index (χ4v) is 2.85. The second-order valence-corrected chi connectivity index (χ2v) is 5.89. The minimum atomic E-state index is -0.511. The number of non-ortho nitro benzene ring substituents is 1. The number of nitro benzene ring substituents is 1. The Kier molecular flexibility index (Phi) is 4.82. The number of hydrogen-bond donors (Lipinski definition) is 1. The average Bonchev–Trinajstić information content (AvgIpc) is 2.63. The van der Waals surface area contributed by atoms with Crippen LogP contribution in [-0.4, -0.2) is 30.7 Å². The molecule has 2 aromatic rings. The first-order chi connectivity index (χ1) is 12.1. The van der Waals surface area contributed by atoms with Crippen LogP contribution in [0.3, 0.4) is 0 Å². The Morgan fingerprint density at radius 2 is 2.08 bits per heavy atom. The van der Waals surface area contributed by atoms with Gasteiger partial charge in [-0.1, -0.05) is 0 Å². The van der Waals surface area contributed by atoms with Crippen molar-refractivity contribution in [2.75, 3.05) is 30.0 Å². The molecule has 1 aliphatic rings. The molecule has 1 aliphatic heterocycles. The van der Waals surface area contributed by atoms with Crippen molar-refractivity contribution in [1.29, 1.82) is 5.26 Å². The average molecular weight is 338 g/mol. The van der Waals surface area contributed by atoms with Crippen molar-refractivity contribution in [1.82, 2.24) is 0 Å². The molecule has 128 valence electrons. The van der Waals surface area contributed by atoms with E-state index < -0.39 is 4.92 Å². The highest BCUT2D eigenvalue weighted by Gasteiger charge is 2.19. The van der Waals surface area contributed by atoms with E-state index in [1.165, 1.54) is 12.1 Å². The van der Waals surface area contributed by atoms with E-state index in [0.29, 0.717) is 18.3 Å². The lowest BCUT2D eigenvalue weighted by molar-refractivity contribution is -0.384. The van der Waals surface area contributed by atoms with Crippen LogP contribution in [-0.2, 0) is 4.74 Å². The SMILES string of the molecule is CC1COCCN1c1ccc(Nc2ccc([N+](=O)[O-])cc2C#N)cc1. The van der Waals surface area contributed by atoms with Crippen LogP contribution in [0, 0.1) is 21.4 Å². The van der Waals surface area contributed by atoms with Crippen molar-refractivity contribution in [3.8, 4) is 6.07 Å². The summed E-state index contributed by atoms with van der Waals surface area (Å²) in [5.41, 5.74) is 2.61. The zero-order valence-corrected chi connectivity index (χ0v) is 13.8. The Bertz CT molecular complexity index is 814. The summed E-state index contributed by atoms with van der Waals surface area (Å²) in [6.45, 7) is 4.42. The molecule has 7 heteroatoms. The van der Waals surface area contributed by atoms with E-state index in [-0.39, 0.29) is 11.3 Å². The Balaban J connectivity index is 1.78. The van der Waals surface area contributed by atoms with Crippen LogP contribution in [0.4, 0.5) is 22.7 Å². The van der Waals surface area contributed by atoms with E-state index in [4.69, 9.17) is 4.74 Å². The number of morpholine rings is 1. The highest BCUT2D eigenvalue weighted by Crippen LogP contribution is 2.27. The van der Waals surface area contributed by atoms with E-state index in [1.807, 2.05) is 30.3 Å². The predicted octanol–water partition coefficient (Wildman–Crippen LogP) is 3.44. The lowest BCUT2D eigenvalue weighted by Crippen LogP contribution is -2.43. The van der Waals surface area contributed by atoms with Crippen LogP contribution in [0.25, 0.3) is 0 Å². The number of nitrogens with zero attached hydrogens (tertiary/aromatic N) is 3. The Morgan fingerprint density at radius 1 is 1.32 bits per heavy atom. The lowest BCUT2D eigenvalue weighted by atomic mass is 10.1. The summed E-state index contributed by atoms with van der Waals surface area (Å²) in [5, 5.41) is 23.2. The molecule has 0 aromatic heterocycles. The molecular formula is C18H18N4O3. The van der Waals surface area contributed by atoms with Gasteiger partial charge in [-0.15, -0.1) is 0 Å². The summed E-state index contributed by atoms with van der Waals surface area (Å²) in [4.78, 5) is 12.6. The van der Waals surface area contributed by atoms with E-state index in [9.17, 15) is 15.4 Å². The minimum Gasteiger partial charge on any atom is -0.377 e. The standard InChI is InChI=1S/C18H18N4O3/c1-13-12-25-9-8-21(13)16-4-2-15(3-5-16)20-18-7-6-17(22(23)24)10-14(18)11-19/h2-7,10,13,20H,8-9,12H2,1H3. The Labute approximate surface area is 145 Å². The molecule has 1 atom stereocenters. The molecule has 0 amide bonds. The van der Waals surface area contributed by atoms with Gasteiger partial charge in [-0.3, -0.25) is 10.1 Å². The second kappa shape index (κ2) is 7.20. The molecule has 1 saturated heterocycles. The van der Waals surface area contributed by atoms with Crippen LogP contribution in [0.5, 0.6) is 0 Å². The summed E-state index contributed by atoms with van der Waals surface area (Å²) in [6.07, 6.45) is 0. The molecule has 0 spiro atoms. The number of nitriles is 1. The van der Waals surface area contributed by atoms with E-state index in [2.05, 4.69) is 17.1 Å². The molecule has 3 rings (SSSR count). The van der Waals surface area contributed by atoms with Crippen LogP contribution in [0.1, 0.15) is 12.5 Å². The third-order valence-electron chi connectivity index (χ3n) is 4.18. The zero-order chi connectivity index (χ0) is 17.8. The monoisotopic (exact) mass is 338 g/mol. The van der Waals surface area contributed by atoms with Crippen molar-refractivity contribution in [2.24, 2.45) is 0 Å². The third-order valence-corrected chi connectivity index (χ3v) is 4.18. The van der Waals surface area contributed by atoms with Gasteiger partial charge in [-0.25, -0.2) is 0 Å². The van der Waals surface area contributed by atoms with Crippen molar-refractivity contribution in [3.63, 3.8) is 0 Å². The highest BCUT2D eigenvalue weighted by molar-refractivity contribution is 5.69. The number of anilines is 3. The largest absolute Gasteiger partial charge is 0.377 e. The van der Waals surface area contributed by atoms with Crippen molar-refractivity contribution < 1.29 is 9.66 Å². The van der Waals surface area contributed by atoms with Crippen molar-refractivity contribution >= 4 is 22.7 Å². The van der Waals surface area contributed by atoms with Crippen molar-refractivity contribution in [3.05, 3.63) is 58.1 Å².